The van der Waals surface area contributed by atoms with E-state index < -0.39 is 0 Å². The van der Waals surface area contributed by atoms with Crippen LogP contribution in [0.2, 0.25) is 0 Å². The maximum absolute atomic E-state index is 12.8. The SMILES string of the molecule is CN(CC(=O)CC12CC(C1)C2)c1nc(-c2cc(OC3COC3)ccn2)nc2c1CCC2. The Hall–Kier alpha value is -2.54. The van der Waals surface area contributed by atoms with E-state index in [1.165, 1.54) is 24.8 Å². The first-order valence-electron chi connectivity index (χ1n) is 11.4. The van der Waals surface area contributed by atoms with Crippen LogP contribution in [0.4, 0.5) is 5.82 Å². The summed E-state index contributed by atoms with van der Waals surface area (Å²) in [5.41, 5.74) is 3.31. The Balaban J connectivity index is 1.24. The molecule has 3 heterocycles. The molecule has 2 aromatic heterocycles. The fourth-order valence-electron chi connectivity index (χ4n) is 5.61. The summed E-state index contributed by atoms with van der Waals surface area (Å²) in [5.74, 6) is 3.46. The predicted octanol–water partition coefficient (Wildman–Crippen LogP) is 3.00. The molecule has 5 aliphatic rings. The zero-order chi connectivity index (χ0) is 21.0. The number of ether oxygens (including phenoxy) is 2. The average Bonchev–Trinajstić information content (AvgIpc) is 3.15. The molecule has 162 valence electrons. The van der Waals surface area contributed by atoms with Crippen molar-refractivity contribution < 1.29 is 14.3 Å². The number of aryl methyl sites for hydroxylation is 1. The maximum Gasteiger partial charge on any atom is 0.180 e. The number of rotatable bonds is 8. The number of hydrogen-bond acceptors (Lipinski definition) is 7. The highest BCUT2D eigenvalue weighted by atomic mass is 16.6. The van der Waals surface area contributed by atoms with Gasteiger partial charge >= 0.3 is 0 Å². The molecule has 0 unspecified atom stereocenters. The number of aromatic nitrogens is 3. The van der Waals surface area contributed by atoms with E-state index in [-0.39, 0.29) is 6.10 Å². The molecular formula is C24H28N4O3. The minimum Gasteiger partial charge on any atom is -0.485 e. The van der Waals surface area contributed by atoms with Gasteiger partial charge in [0, 0.05) is 37.0 Å². The molecule has 1 aliphatic heterocycles. The molecule has 1 saturated heterocycles. The second kappa shape index (κ2) is 7.26. The summed E-state index contributed by atoms with van der Waals surface area (Å²) in [4.78, 5) is 29.0. The van der Waals surface area contributed by atoms with Gasteiger partial charge in [0.15, 0.2) is 11.6 Å². The van der Waals surface area contributed by atoms with Gasteiger partial charge in [-0.05, 0) is 55.9 Å². The van der Waals surface area contributed by atoms with Crippen molar-refractivity contribution >= 4 is 11.6 Å². The zero-order valence-corrected chi connectivity index (χ0v) is 18.0. The van der Waals surface area contributed by atoms with Crippen LogP contribution >= 0.6 is 0 Å². The number of anilines is 1. The summed E-state index contributed by atoms with van der Waals surface area (Å²) in [5, 5.41) is 0. The molecule has 4 fully saturated rings. The van der Waals surface area contributed by atoms with Gasteiger partial charge in [0.25, 0.3) is 0 Å². The highest BCUT2D eigenvalue weighted by molar-refractivity contribution is 5.84. The van der Waals surface area contributed by atoms with Gasteiger partial charge in [-0.25, -0.2) is 9.97 Å². The van der Waals surface area contributed by atoms with Crippen LogP contribution in [0.25, 0.3) is 11.5 Å². The lowest BCUT2D eigenvalue weighted by Gasteiger charge is -2.62. The normalized spacial score (nSPS) is 25.8. The van der Waals surface area contributed by atoms with Crippen LogP contribution in [0, 0.1) is 11.3 Å². The molecule has 7 heteroatoms. The van der Waals surface area contributed by atoms with Crippen LogP contribution in [0.1, 0.15) is 43.4 Å². The van der Waals surface area contributed by atoms with Gasteiger partial charge in [0.05, 0.1) is 19.8 Å². The largest absolute Gasteiger partial charge is 0.485 e. The number of pyridine rings is 1. The van der Waals surface area contributed by atoms with Gasteiger partial charge in [-0.1, -0.05) is 0 Å². The van der Waals surface area contributed by atoms with Crippen molar-refractivity contribution in [2.45, 2.75) is 51.0 Å². The minimum atomic E-state index is 0.102. The highest BCUT2D eigenvalue weighted by Gasteiger charge is 2.56. The topological polar surface area (TPSA) is 77.4 Å². The fourth-order valence-corrected chi connectivity index (χ4v) is 5.61. The second-order valence-corrected chi connectivity index (χ2v) is 9.85. The van der Waals surface area contributed by atoms with Crippen molar-refractivity contribution in [3.8, 4) is 17.3 Å². The average molecular weight is 421 g/mol. The molecular weight excluding hydrogens is 392 g/mol. The standard InChI is InChI=1S/C24H28N4O3/c1-28(12-16(29)11-24-8-15(9-24)10-24)23-19-3-2-4-20(19)26-22(27-23)21-7-17(5-6-25-21)31-18-13-30-14-18/h5-7,15,18H,2-4,8-14H2,1H3. The van der Waals surface area contributed by atoms with E-state index in [0.29, 0.717) is 42.5 Å². The van der Waals surface area contributed by atoms with E-state index in [0.717, 1.165) is 48.9 Å². The van der Waals surface area contributed by atoms with Crippen molar-refractivity contribution in [2.75, 3.05) is 31.7 Å². The summed E-state index contributed by atoms with van der Waals surface area (Å²) in [6.07, 6.45) is 9.31. The van der Waals surface area contributed by atoms with Crippen molar-refractivity contribution in [2.24, 2.45) is 11.3 Å². The first-order valence-corrected chi connectivity index (χ1v) is 11.4. The number of Topliss-reactive ketones (excluding diaryl/α,β-unsaturated/α-hetero) is 1. The molecule has 31 heavy (non-hydrogen) atoms. The lowest BCUT2D eigenvalue weighted by molar-refractivity contribution is -0.141. The predicted molar refractivity (Wildman–Crippen MR) is 115 cm³/mol. The number of carbonyl (C=O) groups excluding carboxylic acids is 1. The summed E-state index contributed by atoms with van der Waals surface area (Å²) in [7, 11) is 1.98. The molecule has 2 bridgehead atoms. The number of nitrogens with zero attached hydrogens (tertiary/aromatic N) is 4. The first-order chi connectivity index (χ1) is 15.1. The van der Waals surface area contributed by atoms with Crippen LogP contribution in [0.3, 0.4) is 0 Å². The van der Waals surface area contributed by atoms with Crippen molar-refractivity contribution in [3.05, 3.63) is 29.6 Å². The Morgan fingerprint density at radius 2 is 2.10 bits per heavy atom. The first kappa shape index (κ1) is 19.2. The third kappa shape index (κ3) is 3.49. The van der Waals surface area contributed by atoms with Crippen LogP contribution in [0.5, 0.6) is 5.75 Å². The molecule has 7 nitrogen and oxygen atoms in total. The Morgan fingerprint density at radius 1 is 1.26 bits per heavy atom. The number of hydrogen-bond donors (Lipinski definition) is 0. The minimum absolute atomic E-state index is 0.102. The lowest BCUT2D eigenvalue weighted by atomic mass is 9.43. The fraction of sp³-hybridized carbons (Fsp3) is 0.583. The molecule has 0 spiro atoms. The maximum atomic E-state index is 12.8. The van der Waals surface area contributed by atoms with Crippen molar-refractivity contribution in [1.82, 2.24) is 15.0 Å². The number of carbonyl (C=O) groups is 1. The quantitative estimate of drug-likeness (QED) is 0.650. The third-order valence-electron chi connectivity index (χ3n) is 7.29. The second-order valence-electron chi connectivity index (χ2n) is 9.85. The van der Waals surface area contributed by atoms with Crippen LogP contribution in [0.15, 0.2) is 18.3 Å². The highest BCUT2D eigenvalue weighted by Crippen LogP contribution is 2.66. The molecule has 0 atom stereocenters. The van der Waals surface area contributed by atoms with E-state index in [9.17, 15) is 4.79 Å². The molecule has 0 N–H and O–H groups in total. The van der Waals surface area contributed by atoms with Gasteiger partial charge in [0.1, 0.15) is 23.4 Å². The van der Waals surface area contributed by atoms with Gasteiger partial charge in [0.2, 0.25) is 0 Å². The smallest absolute Gasteiger partial charge is 0.180 e. The van der Waals surface area contributed by atoms with Gasteiger partial charge in [-0.3, -0.25) is 9.78 Å². The lowest BCUT2D eigenvalue weighted by Crippen LogP contribution is -2.53. The van der Waals surface area contributed by atoms with E-state index in [1.54, 1.807) is 6.20 Å². The molecule has 0 aromatic carbocycles. The molecule has 0 radical (unpaired) electrons. The summed E-state index contributed by atoms with van der Waals surface area (Å²) >= 11 is 0. The molecule has 0 amide bonds. The van der Waals surface area contributed by atoms with Gasteiger partial charge in [-0.15, -0.1) is 0 Å². The van der Waals surface area contributed by atoms with Gasteiger partial charge in [-0.2, -0.15) is 0 Å². The number of likely N-dealkylation sites (N-methyl/N-ethyl adjacent to an activating group) is 1. The van der Waals surface area contributed by atoms with E-state index in [4.69, 9.17) is 19.4 Å². The summed E-state index contributed by atoms with van der Waals surface area (Å²) in [6, 6.07) is 3.75. The number of ketones is 1. The van der Waals surface area contributed by atoms with Gasteiger partial charge < -0.3 is 14.4 Å². The van der Waals surface area contributed by atoms with E-state index in [2.05, 4.69) is 4.98 Å². The Labute approximate surface area is 182 Å². The number of fused-ring (bicyclic) bond motifs is 1. The molecule has 4 aliphatic carbocycles. The Morgan fingerprint density at radius 3 is 2.81 bits per heavy atom. The van der Waals surface area contributed by atoms with Crippen LogP contribution in [-0.2, 0) is 22.4 Å². The molecule has 7 rings (SSSR count). The third-order valence-corrected chi connectivity index (χ3v) is 7.29. The summed E-state index contributed by atoms with van der Waals surface area (Å²) in [6.45, 7) is 1.66. The molecule has 3 saturated carbocycles. The van der Waals surface area contributed by atoms with E-state index in [1.807, 2.05) is 24.1 Å². The van der Waals surface area contributed by atoms with Crippen LogP contribution < -0.4 is 9.64 Å². The Kier molecular flexibility index (Phi) is 4.49. The Bertz CT molecular complexity index is 1020. The van der Waals surface area contributed by atoms with Crippen molar-refractivity contribution in [3.63, 3.8) is 0 Å². The zero-order valence-electron chi connectivity index (χ0n) is 18.0. The van der Waals surface area contributed by atoms with Crippen molar-refractivity contribution in [1.29, 1.82) is 0 Å². The van der Waals surface area contributed by atoms with E-state index >= 15 is 0 Å². The summed E-state index contributed by atoms with van der Waals surface area (Å²) < 4.78 is 11.1. The van der Waals surface area contributed by atoms with Crippen LogP contribution in [-0.4, -0.2) is 53.6 Å². The monoisotopic (exact) mass is 420 g/mol. The molecule has 2 aromatic rings.